The van der Waals surface area contributed by atoms with Gasteiger partial charge in [-0.05, 0) is 36.2 Å². The molecule has 1 N–H and O–H groups in total. The van der Waals surface area contributed by atoms with Gasteiger partial charge in [0.05, 0.1) is 6.61 Å². The van der Waals surface area contributed by atoms with Crippen LogP contribution < -0.4 is 19.5 Å². The van der Waals surface area contributed by atoms with E-state index in [4.69, 9.17) is 14.2 Å². The summed E-state index contributed by atoms with van der Waals surface area (Å²) in [5.74, 6) is 2.22. The van der Waals surface area contributed by atoms with E-state index in [0.29, 0.717) is 32.0 Å². The molecule has 0 spiro atoms. The molecule has 5 nitrogen and oxygen atoms in total. The van der Waals surface area contributed by atoms with Crippen LogP contribution >= 0.6 is 0 Å². The quantitative estimate of drug-likeness (QED) is 0.940. The molecule has 0 aromatic heterocycles. The molecule has 2 aliphatic rings. The average Bonchev–Trinajstić information content (AvgIpc) is 2.60. The summed E-state index contributed by atoms with van der Waals surface area (Å²) in [5.41, 5.74) is 2.91. The standard InChI is InChI=1S/C19H19NO4/c1-2-22-13-5-3-4-12(8-13)14-10-19(21)20-16-11-18-17(9-15(14)16)23-6-7-24-18/h3-5,8-9,11,14H,2,6-7,10H2,1H3,(H,20,21)/t14-/m0/s1. The van der Waals surface area contributed by atoms with Crippen LogP contribution in [0, 0.1) is 0 Å². The maximum atomic E-state index is 12.2. The van der Waals surface area contributed by atoms with Crippen LogP contribution in [0.5, 0.6) is 17.2 Å². The van der Waals surface area contributed by atoms with Crippen molar-refractivity contribution in [1.82, 2.24) is 0 Å². The lowest BCUT2D eigenvalue weighted by molar-refractivity contribution is -0.116. The number of amides is 1. The average molecular weight is 325 g/mol. The summed E-state index contributed by atoms with van der Waals surface area (Å²) in [4.78, 5) is 12.2. The van der Waals surface area contributed by atoms with Crippen LogP contribution in [0.1, 0.15) is 30.4 Å². The monoisotopic (exact) mass is 325 g/mol. The summed E-state index contributed by atoms with van der Waals surface area (Å²) in [7, 11) is 0. The Labute approximate surface area is 140 Å². The van der Waals surface area contributed by atoms with Gasteiger partial charge in [-0.1, -0.05) is 12.1 Å². The number of hydrogen-bond acceptors (Lipinski definition) is 4. The summed E-state index contributed by atoms with van der Waals surface area (Å²) in [6.45, 7) is 3.64. The predicted molar refractivity (Wildman–Crippen MR) is 90.1 cm³/mol. The first-order valence-corrected chi connectivity index (χ1v) is 8.20. The molecule has 0 saturated heterocycles. The second kappa shape index (κ2) is 6.07. The fourth-order valence-electron chi connectivity index (χ4n) is 3.28. The number of anilines is 1. The lowest BCUT2D eigenvalue weighted by Gasteiger charge is -2.29. The number of rotatable bonds is 3. The Hall–Kier alpha value is -2.69. The van der Waals surface area contributed by atoms with Crippen molar-refractivity contribution in [2.75, 3.05) is 25.1 Å². The number of benzene rings is 2. The Balaban J connectivity index is 1.77. The highest BCUT2D eigenvalue weighted by Crippen LogP contribution is 2.44. The van der Waals surface area contributed by atoms with Crippen LogP contribution in [-0.4, -0.2) is 25.7 Å². The van der Waals surface area contributed by atoms with Gasteiger partial charge in [0, 0.05) is 24.1 Å². The fraction of sp³-hybridized carbons (Fsp3) is 0.316. The van der Waals surface area contributed by atoms with Crippen LogP contribution in [0.3, 0.4) is 0 Å². The first-order chi connectivity index (χ1) is 11.7. The van der Waals surface area contributed by atoms with Gasteiger partial charge in [0.15, 0.2) is 11.5 Å². The second-order valence-electron chi connectivity index (χ2n) is 5.89. The molecule has 0 bridgehead atoms. The van der Waals surface area contributed by atoms with Crippen molar-refractivity contribution in [1.29, 1.82) is 0 Å². The zero-order valence-electron chi connectivity index (χ0n) is 13.5. The highest BCUT2D eigenvalue weighted by molar-refractivity contribution is 5.96. The SMILES string of the molecule is CCOc1cccc([C@@H]2CC(=O)Nc3cc4c(cc32)OCCO4)c1. The van der Waals surface area contributed by atoms with Crippen LogP contribution in [0.15, 0.2) is 36.4 Å². The summed E-state index contributed by atoms with van der Waals surface area (Å²) in [5, 5.41) is 2.94. The molecule has 2 aromatic carbocycles. The Morgan fingerprint density at radius 1 is 1.17 bits per heavy atom. The molecule has 5 heteroatoms. The van der Waals surface area contributed by atoms with Gasteiger partial charge in [0.25, 0.3) is 0 Å². The molecule has 0 radical (unpaired) electrons. The molecule has 2 heterocycles. The van der Waals surface area contributed by atoms with Gasteiger partial charge < -0.3 is 19.5 Å². The molecule has 2 aromatic rings. The van der Waals surface area contributed by atoms with E-state index in [1.165, 1.54) is 0 Å². The third-order valence-electron chi connectivity index (χ3n) is 4.32. The maximum absolute atomic E-state index is 12.2. The Kier molecular flexibility index (Phi) is 3.76. The number of hydrogen-bond donors (Lipinski definition) is 1. The van der Waals surface area contributed by atoms with E-state index in [1.807, 2.05) is 43.3 Å². The van der Waals surface area contributed by atoms with E-state index in [0.717, 1.165) is 28.3 Å². The molecule has 2 aliphatic heterocycles. The molecule has 24 heavy (non-hydrogen) atoms. The lowest BCUT2D eigenvalue weighted by Crippen LogP contribution is -2.24. The Bertz CT molecular complexity index is 787. The summed E-state index contributed by atoms with van der Waals surface area (Å²) in [6.07, 6.45) is 0.405. The minimum absolute atomic E-state index is 0.00555. The number of carbonyl (C=O) groups is 1. The first kappa shape index (κ1) is 14.9. The largest absolute Gasteiger partial charge is 0.494 e. The summed E-state index contributed by atoms with van der Waals surface area (Å²) < 4.78 is 16.9. The van der Waals surface area contributed by atoms with Gasteiger partial charge in [-0.25, -0.2) is 0 Å². The molecule has 1 amide bonds. The van der Waals surface area contributed by atoms with Gasteiger partial charge in [-0.3, -0.25) is 4.79 Å². The van der Waals surface area contributed by atoms with E-state index >= 15 is 0 Å². The van der Waals surface area contributed by atoms with E-state index in [9.17, 15) is 4.79 Å². The van der Waals surface area contributed by atoms with Gasteiger partial charge in [0.1, 0.15) is 19.0 Å². The van der Waals surface area contributed by atoms with Crippen molar-refractivity contribution < 1.29 is 19.0 Å². The smallest absolute Gasteiger partial charge is 0.225 e. The molecule has 1 atom stereocenters. The highest BCUT2D eigenvalue weighted by atomic mass is 16.6. The molecule has 124 valence electrons. The predicted octanol–water partition coefficient (Wildman–Crippen LogP) is 3.33. The van der Waals surface area contributed by atoms with Crippen molar-refractivity contribution in [2.24, 2.45) is 0 Å². The van der Waals surface area contributed by atoms with Crippen molar-refractivity contribution in [3.05, 3.63) is 47.5 Å². The van der Waals surface area contributed by atoms with E-state index in [-0.39, 0.29) is 11.8 Å². The van der Waals surface area contributed by atoms with Crippen molar-refractivity contribution in [3.8, 4) is 17.2 Å². The van der Waals surface area contributed by atoms with Crippen LogP contribution in [0.25, 0.3) is 0 Å². The van der Waals surface area contributed by atoms with Crippen LogP contribution in [0.4, 0.5) is 5.69 Å². The third-order valence-corrected chi connectivity index (χ3v) is 4.32. The fourth-order valence-corrected chi connectivity index (χ4v) is 3.28. The number of carbonyl (C=O) groups excluding carboxylic acids is 1. The first-order valence-electron chi connectivity index (χ1n) is 8.20. The number of fused-ring (bicyclic) bond motifs is 2. The summed E-state index contributed by atoms with van der Waals surface area (Å²) in [6, 6.07) is 11.8. The van der Waals surface area contributed by atoms with Gasteiger partial charge in [0.2, 0.25) is 5.91 Å². The van der Waals surface area contributed by atoms with Gasteiger partial charge >= 0.3 is 0 Å². The molecule has 0 aliphatic carbocycles. The molecular weight excluding hydrogens is 306 g/mol. The Morgan fingerprint density at radius 2 is 1.96 bits per heavy atom. The molecular formula is C19H19NO4. The third kappa shape index (κ3) is 2.66. The van der Waals surface area contributed by atoms with E-state index < -0.39 is 0 Å². The zero-order chi connectivity index (χ0) is 16.5. The molecule has 4 rings (SSSR count). The van der Waals surface area contributed by atoms with Gasteiger partial charge in [-0.2, -0.15) is 0 Å². The van der Waals surface area contributed by atoms with Crippen molar-refractivity contribution in [3.63, 3.8) is 0 Å². The zero-order valence-corrected chi connectivity index (χ0v) is 13.5. The second-order valence-corrected chi connectivity index (χ2v) is 5.89. The number of nitrogens with one attached hydrogen (secondary N) is 1. The summed E-state index contributed by atoms with van der Waals surface area (Å²) >= 11 is 0. The van der Waals surface area contributed by atoms with Crippen molar-refractivity contribution in [2.45, 2.75) is 19.3 Å². The normalized spacial score (nSPS) is 18.5. The Morgan fingerprint density at radius 3 is 2.75 bits per heavy atom. The van der Waals surface area contributed by atoms with Crippen LogP contribution in [-0.2, 0) is 4.79 Å². The topological polar surface area (TPSA) is 56.8 Å². The highest BCUT2D eigenvalue weighted by Gasteiger charge is 2.29. The molecule has 0 fully saturated rings. The maximum Gasteiger partial charge on any atom is 0.225 e. The minimum Gasteiger partial charge on any atom is -0.494 e. The van der Waals surface area contributed by atoms with Crippen LogP contribution in [0.2, 0.25) is 0 Å². The molecule has 0 unspecified atom stereocenters. The van der Waals surface area contributed by atoms with Crippen molar-refractivity contribution >= 4 is 11.6 Å². The van der Waals surface area contributed by atoms with E-state index in [2.05, 4.69) is 5.32 Å². The minimum atomic E-state index is -0.0232. The lowest BCUT2D eigenvalue weighted by atomic mass is 9.84. The number of ether oxygens (including phenoxy) is 3. The van der Waals surface area contributed by atoms with Gasteiger partial charge in [-0.15, -0.1) is 0 Å². The van der Waals surface area contributed by atoms with E-state index in [1.54, 1.807) is 0 Å². The molecule has 0 saturated carbocycles.